The molecule has 0 saturated carbocycles. The Bertz CT molecular complexity index is 913. The van der Waals surface area contributed by atoms with Crippen LogP contribution in [0.3, 0.4) is 0 Å². The minimum atomic E-state index is 0.0883. The predicted molar refractivity (Wildman–Crippen MR) is 125 cm³/mol. The molecule has 4 aliphatic rings. The number of fused-ring (bicyclic) bond motifs is 10. The van der Waals surface area contributed by atoms with Crippen LogP contribution in [0.15, 0.2) is 68.8 Å². The molecule has 124 valence electrons. The van der Waals surface area contributed by atoms with Crippen LogP contribution in [0.4, 0.5) is 0 Å². The van der Waals surface area contributed by atoms with Crippen LogP contribution in [0.5, 0.6) is 0 Å². The molecular weight excluding hydrogens is 530 g/mol. The van der Waals surface area contributed by atoms with Crippen molar-refractivity contribution in [2.75, 3.05) is 0 Å². The van der Waals surface area contributed by atoms with Crippen molar-refractivity contribution < 1.29 is 0 Å². The van der Waals surface area contributed by atoms with Crippen molar-refractivity contribution in [3.05, 3.63) is 91.1 Å². The van der Waals surface area contributed by atoms with Gasteiger partial charge in [0.25, 0.3) is 0 Å². The molecule has 25 heavy (non-hydrogen) atoms. The lowest BCUT2D eigenvalue weighted by Gasteiger charge is -2.40. The molecule has 2 aromatic rings. The molecule has 0 radical (unpaired) electrons. The van der Waals surface area contributed by atoms with E-state index in [0.717, 1.165) is 0 Å². The normalized spacial score (nSPS) is 36.2. The summed E-state index contributed by atoms with van der Waals surface area (Å²) in [6, 6.07) is 18.7. The van der Waals surface area contributed by atoms with Crippen molar-refractivity contribution >= 4 is 49.5 Å². The molecule has 2 aliphatic carbocycles. The van der Waals surface area contributed by atoms with Crippen molar-refractivity contribution in [3.63, 3.8) is 0 Å². The van der Waals surface area contributed by atoms with Crippen LogP contribution in [0, 0.1) is 11.8 Å². The molecule has 0 amide bonds. The fourth-order valence-electron chi connectivity index (χ4n) is 5.65. The second kappa shape index (κ2) is 5.56. The second-order valence-electron chi connectivity index (χ2n) is 7.29. The predicted octanol–water partition coefficient (Wildman–Crippen LogP) is 6.00. The molecule has 0 N–H and O–H groups in total. The van der Waals surface area contributed by atoms with Crippen LogP contribution in [0.25, 0.3) is 0 Å². The Kier molecular flexibility index (Phi) is 3.38. The van der Waals surface area contributed by atoms with E-state index in [0.29, 0.717) is 23.7 Å². The second-order valence-corrected chi connectivity index (χ2v) is 11.6. The van der Waals surface area contributed by atoms with Gasteiger partial charge in [0.15, 0.2) is 0 Å². The van der Waals surface area contributed by atoms with Gasteiger partial charge in [-0.1, -0.05) is 102 Å². The first kappa shape index (κ1) is 15.2. The third-order valence-electron chi connectivity index (χ3n) is 6.48. The zero-order valence-electron chi connectivity index (χ0n) is 13.6. The van der Waals surface area contributed by atoms with Crippen molar-refractivity contribution in [2.24, 2.45) is 11.8 Å². The number of halogens is 2. The third-order valence-corrected chi connectivity index (χ3v) is 10.5. The first-order chi connectivity index (χ1) is 12.4. The molecule has 2 heterocycles. The van der Waals surface area contributed by atoms with Gasteiger partial charge in [-0.25, -0.2) is 0 Å². The van der Waals surface area contributed by atoms with Crippen LogP contribution in [0.2, 0.25) is 0 Å². The molecule has 0 bridgehead atoms. The van der Waals surface area contributed by atoms with E-state index < -0.39 is 0 Å². The van der Waals surface area contributed by atoms with Crippen molar-refractivity contribution in [2.45, 2.75) is 17.3 Å². The molecule has 2 aliphatic heterocycles. The van der Waals surface area contributed by atoms with E-state index in [9.17, 15) is 0 Å². The molecule has 4 atom stereocenters. The topological polar surface area (TPSA) is 0 Å². The average Bonchev–Trinajstić information content (AvgIpc) is 3.16. The zero-order valence-corrected chi connectivity index (χ0v) is 18.0. The summed E-state index contributed by atoms with van der Waals surface area (Å²) in [5.41, 5.74) is 6.58. The SMILES string of the molecule is C1=CC2c3ccccc3C3(c4ccccc4C4C=CI=CC43)C2C=I1. The smallest absolute Gasteiger partial charge is 0.0360 e. The first-order valence-corrected chi connectivity index (χ1v) is 13.8. The fourth-order valence-corrected chi connectivity index (χ4v) is 10.4. The Hall–Kier alpha value is -0.880. The minimum absolute atomic E-state index is 0.0883. The van der Waals surface area contributed by atoms with E-state index in [4.69, 9.17) is 0 Å². The highest BCUT2D eigenvalue weighted by Gasteiger charge is 2.61. The summed E-state index contributed by atoms with van der Waals surface area (Å²) >= 11 is 0.177. The molecule has 2 aromatic carbocycles. The van der Waals surface area contributed by atoms with E-state index in [1.54, 1.807) is 22.3 Å². The molecule has 0 aromatic heterocycles. The Labute approximate surface area is 168 Å². The summed E-state index contributed by atoms with van der Waals surface area (Å²) in [5, 5.41) is 0. The Balaban J connectivity index is 1.74. The standard InChI is InChI=1S/C23H18I2/c1-3-7-19-15(5-1)17-9-11-24-13-21(17)23(19)20-8-4-2-6-16(20)18-10-12-25-14-22(18)23/h1-14,17-18,21-22H. The summed E-state index contributed by atoms with van der Waals surface area (Å²) < 4.78 is 10.4. The lowest BCUT2D eigenvalue weighted by molar-refractivity contribution is 0.363. The highest BCUT2D eigenvalue weighted by Crippen LogP contribution is 2.66. The van der Waals surface area contributed by atoms with Crippen molar-refractivity contribution in [3.8, 4) is 0 Å². The van der Waals surface area contributed by atoms with Gasteiger partial charge in [0.2, 0.25) is 0 Å². The Morgan fingerprint density at radius 1 is 0.640 bits per heavy atom. The average molecular weight is 548 g/mol. The van der Waals surface area contributed by atoms with Gasteiger partial charge in [-0.05, 0) is 38.4 Å². The van der Waals surface area contributed by atoms with E-state index >= 15 is 0 Å². The van der Waals surface area contributed by atoms with Crippen LogP contribution in [0.1, 0.15) is 34.1 Å². The number of hydrogen-bond acceptors (Lipinski definition) is 0. The van der Waals surface area contributed by atoms with E-state index in [-0.39, 0.29) is 46.9 Å². The first-order valence-electron chi connectivity index (χ1n) is 8.85. The van der Waals surface area contributed by atoms with Gasteiger partial charge in [0, 0.05) is 29.1 Å². The number of hydrogen-bond donors (Lipinski definition) is 0. The minimum Gasteiger partial charge on any atom is -0.0981 e. The van der Waals surface area contributed by atoms with Crippen molar-refractivity contribution in [1.29, 1.82) is 0 Å². The van der Waals surface area contributed by atoms with Gasteiger partial charge in [-0.3, -0.25) is 0 Å². The Morgan fingerprint density at radius 3 is 1.64 bits per heavy atom. The lowest BCUT2D eigenvalue weighted by atomic mass is 9.64. The molecule has 4 unspecified atom stereocenters. The molecule has 0 fully saturated rings. The summed E-state index contributed by atoms with van der Waals surface area (Å²) in [4.78, 5) is 0. The highest BCUT2D eigenvalue weighted by atomic mass is 127. The van der Waals surface area contributed by atoms with Gasteiger partial charge in [0.05, 0.1) is 0 Å². The van der Waals surface area contributed by atoms with Crippen molar-refractivity contribution in [1.82, 2.24) is 0 Å². The Morgan fingerprint density at radius 2 is 1.12 bits per heavy atom. The molecule has 1 spiro atoms. The molecule has 0 saturated heterocycles. The lowest BCUT2D eigenvalue weighted by Crippen LogP contribution is -2.41. The molecule has 0 nitrogen and oxygen atoms in total. The van der Waals surface area contributed by atoms with Gasteiger partial charge in [0.1, 0.15) is 0 Å². The molecular formula is C23H18I2. The molecule has 2 heteroatoms. The van der Waals surface area contributed by atoms with Crippen LogP contribution in [-0.4, -0.2) is 8.02 Å². The van der Waals surface area contributed by atoms with E-state index in [1.165, 1.54) is 0 Å². The number of benzene rings is 2. The van der Waals surface area contributed by atoms with Gasteiger partial charge in [-0.2, -0.15) is 0 Å². The van der Waals surface area contributed by atoms with Crippen LogP contribution >= 0.6 is 41.5 Å². The van der Waals surface area contributed by atoms with Crippen LogP contribution < -0.4 is 0 Å². The number of allylic oxidation sites excluding steroid dienone is 2. The summed E-state index contributed by atoms with van der Waals surface area (Å²) in [5.74, 6) is 2.44. The third kappa shape index (κ3) is 1.83. The fraction of sp³-hybridized carbons (Fsp3) is 0.217. The maximum atomic E-state index is 2.73. The van der Waals surface area contributed by atoms with E-state index in [2.05, 4.69) is 76.9 Å². The summed E-state index contributed by atoms with van der Waals surface area (Å²) in [6.45, 7) is 0. The van der Waals surface area contributed by atoms with Crippen LogP contribution in [-0.2, 0) is 5.41 Å². The maximum Gasteiger partial charge on any atom is 0.0360 e. The van der Waals surface area contributed by atoms with Gasteiger partial charge in [-0.15, -0.1) is 0 Å². The van der Waals surface area contributed by atoms with Gasteiger partial charge >= 0.3 is 0 Å². The summed E-state index contributed by atoms with van der Waals surface area (Å²) in [6.07, 6.45) is 5.07. The largest absolute Gasteiger partial charge is 0.0981 e. The van der Waals surface area contributed by atoms with E-state index in [1.807, 2.05) is 0 Å². The monoisotopic (exact) mass is 548 g/mol. The summed E-state index contributed by atoms with van der Waals surface area (Å²) in [7, 11) is 0. The molecule has 6 rings (SSSR count). The quantitative estimate of drug-likeness (QED) is 0.355. The zero-order chi connectivity index (χ0) is 16.4. The highest BCUT2D eigenvalue weighted by molar-refractivity contribution is 14.2. The van der Waals surface area contributed by atoms with Gasteiger partial charge < -0.3 is 0 Å². The maximum absolute atomic E-state index is 2.73. The number of rotatable bonds is 0.